The minimum atomic E-state index is -0.418. The van der Waals surface area contributed by atoms with Crippen LogP contribution < -0.4 is 5.19 Å². The van der Waals surface area contributed by atoms with Crippen molar-refractivity contribution in [3.8, 4) is 0 Å². The number of benzene rings is 1. The quantitative estimate of drug-likeness (QED) is 0.621. The summed E-state index contributed by atoms with van der Waals surface area (Å²) in [6.07, 6.45) is 8.92. The molecule has 1 heteroatoms. The van der Waals surface area contributed by atoms with Gasteiger partial charge in [-0.3, -0.25) is 0 Å². The zero-order valence-electron chi connectivity index (χ0n) is 7.77. The second-order valence-electron chi connectivity index (χ2n) is 3.34. The van der Waals surface area contributed by atoms with Crippen LogP contribution in [0.2, 0.25) is 12.1 Å². The molecule has 0 saturated carbocycles. The fourth-order valence-corrected chi connectivity index (χ4v) is 3.52. The van der Waals surface area contributed by atoms with Crippen LogP contribution in [0.4, 0.5) is 0 Å². The van der Waals surface area contributed by atoms with Crippen LogP contribution in [0, 0.1) is 0 Å². The lowest BCUT2D eigenvalue weighted by Crippen LogP contribution is -2.29. The summed E-state index contributed by atoms with van der Waals surface area (Å²) < 4.78 is 0. The highest BCUT2D eigenvalue weighted by Gasteiger charge is 2.16. The lowest BCUT2D eigenvalue weighted by molar-refractivity contribution is 1.36. The fraction of sp³-hybridized carbons (Fsp3) is 0.167. The minimum absolute atomic E-state index is 0.418. The average molecular weight is 185 g/mol. The van der Waals surface area contributed by atoms with Crippen LogP contribution in [0.5, 0.6) is 0 Å². The lowest BCUT2D eigenvalue weighted by Gasteiger charge is -2.13. The number of hydrogen-bond donors (Lipinski definition) is 0. The van der Waals surface area contributed by atoms with Gasteiger partial charge in [0.1, 0.15) is 0 Å². The first-order valence-corrected chi connectivity index (χ1v) is 6.69. The van der Waals surface area contributed by atoms with Gasteiger partial charge in [-0.25, -0.2) is 0 Å². The summed E-state index contributed by atoms with van der Waals surface area (Å²) >= 11 is 0. The summed E-state index contributed by atoms with van der Waals surface area (Å²) in [4.78, 5) is 0. The summed E-state index contributed by atoms with van der Waals surface area (Å²) in [5, 5.41) is 1.52. The second-order valence-corrected chi connectivity index (χ2v) is 5.95. The Balaban J connectivity index is 2.18. The molecule has 65 valence electrons. The van der Waals surface area contributed by atoms with Gasteiger partial charge >= 0.3 is 0 Å². The minimum Gasteiger partial charge on any atom is -0.0802 e. The Labute approximate surface area is 81.2 Å². The zero-order chi connectivity index (χ0) is 9.10. The van der Waals surface area contributed by atoms with Crippen LogP contribution in [0.15, 0.2) is 54.6 Å². The molecular formula is C12H13Si. The summed E-state index contributed by atoms with van der Waals surface area (Å²) in [5.41, 5.74) is 0.687. The molecule has 0 saturated heterocycles. The Bertz CT molecular complexity index is 312. The van der Waals surface area contributed by atoms with Crippen LogP contribution in [0.1, 0.15) is 0 Å². The molecule has 13 heavy (non-hydrogen) atoms. The molecule has 0 heterocycles. The topological polar surface area (TPSA) is 0 Å². The van der Waals surface area contributed by atoms with Crippen molar-refractivity contribution in [3.63, 3.8) is 0 Å². The van der Waals surface area contributed by atoms with E-state index in [2.05, 4.69) is 61.2 Å². The van der Waals surface area contributed by atoms with E-state index in [0.717, 1.165) is 0 Å². The van der Waals surface area contributed by atoms with E-state index in [-0.39, 0.29) is 0 Å². The number of rotatable bonds is 2. The molecule has 1 aliphatic rings. The van der Waals surface area contributed by atoms with Gasteiger partial charge in [-0.05, 0) is 5.54 Å². The van der Waals surface area contributed by atoms with E-state index in [4.69, 9.17) is 0 Å². The van der Waals surface area contributed by atoms with Gasteiger partial charge < -0.3 is 0 Å². The Morgan fingerprint density at radius 3 is 2.23 bits per heavy atom. The van der Waals surface area contributed by atoms with Crippen molar-refractivity contribution >= 4 is 14.0 Å². The summed E-state index contributed by atoms with van der Waals surface area (Å²) in [7, 11) is -0.418. The molecule has 0 amide bonds. The third kappa shape index (κ3) is 1.81. The molecule has 2 rings (SSSR count). The first-order chi connectivity index (χ1) is 6.38. The van der Waals surface area contributed by atoms with Crippen LogP contribution in [0.3, 0.4) is 0 Å². The van der Waals surface area contributed by atoms with Crippen molar-refractivity contribution in [1.82, 2.24) is 0 Å². The molecule has 1 aromatic rings. The summed E-state index contributed by atoms with van der Waals surface area (Å²) in [6.45, 7) is 2.38. The molecule has 0 aromatic heterocycles. The molecule has 0 fully saturated rings. The van der Waals surface area contributed by atoms with Crippen molar-refractivity contribution < 1.29 is 0 Å². The largest absolute Gasteiger partial charge is 0.0936 e. The summed E-state index contributed by atoms with van der Waals surface area (Å²) in [6, 6.07) is 10.8. The maximum Gasteiger partial charge on any atom is 0.0936 e. The third-order valence-corrected chi connectivity index (χ3v) is 5.11. The molecule has 1 aliphatic carbocycles. The van der Waals surface area contributed by atoms with E-state index < -0.39 is 8.80 Å². The van der Waals surface area contributed by atoms with Gasteiger partial charge in [0.25, 0.3) is 0 Å². The molecule has 0 bridgehead atoms. The van der Waals surface area contributed by atoms with E-state index in [1.807, 2.05) is 0 Å². The molecule has 0 atom stereocenters. The Kier molecular flexibility index (Phi) is 2.46. The number of allylic oxidation sites excluding steroid dienone is 4. The molecular weight excluding hydrogens is 172 g/mol. The van der Waals surface area contributed by atoms with Crippen LogP contribution >= 0.6 is 0 Å². The fourth-order valence-electron chi connectivity index (χ4n) is 1.61. The average Bonchev–Trinajstić information content (AvgIpc) is 2.71. The van der Waals surface area contributed by atoms with Crippen LogP contribution in [-0.4, -0.2) is 8.80 Å². The van der Waals surface area contributed by atoms with Crippen LogP contribution in [0.25, 0.3) is 0 Å². The smallest absolute Gasteiger partial charge is 0.0802 e. The molecule has 1 aromatic carbocycles. The van der Waals surface area contributed by atoms with Crippen molar-refractivity contribution in [3.05, 3.63) is 54.6 Å². The first kappa shape index (κ1) is 8.51. The molecule has 0 nitrogen and oxygen atoms in total. The van der Waals surface area contributed by atoms with Gasteiger partial charge in [0.15, 0.2) is 0 Å². The van der Waals surface area contributed by atoms with E-state index in [1.54, 1.807) is 0 Å². The van der Waals surface area contributed by atoms with Crippen molar-refractivity contribution in [2.24, 2.45) is 0 Å². The normalized spacial score (nSPS) is 15.8. The van der Waals surface area contributed by atoms with Gasteiger partial charge in [-0.15, -0.1) is 0 Å². The van der Waals surface area contributed by atoms with E-state index in [0.29, 0.717) is 5.54 Å². The SMILES string of the molecule is C[Si](c1ccccc1)C1C=CC=C1. The predicted molar refractivity (Wildman–Crippen MR) is 59.7 cm³/mol. The first-order valence-electron chi connectivity index (χ1n) is 4.62. The zero-order valence-corrected chi connectivity index (χ0v) is 8.77. The number of hydrogen-bond acceptors (Lipinski definition) is 0. The Morgan fingerprint density at radius 1 is 1.00 bits per heavy atom. The highest BCUT2D eigenvalue weighted by atomic mass is 28.3. The Morgan fingerprint density at radius 2 is 1.62 bits per heavy atom. The standard InChI is InChI=1S/C12H13Si/c1-13(12-9-5-6-10-12)11-7-3-2-4-8-11/h2-10,12H,1H3. The Hall–Kier alpha value is -1.08. The second kappa shape index (κ2) is 3.75. The van der Waals surface area contributed by atoms with E-state index >= 15 is 0 Å². The third-order valence-electron chi connectivity index (χ3n) is 2.48. The molecule has 0 aliphatic heterocycles. The lowest BCUT2D eigenvalue weighted by atomic mass is 10.4. The molecule has 0 N–H and O–H groups in total. The summed E-state index contributed by atoms with van der Waals surface area (Å²) in [5.74, 6) is 0. The van der Waals surface area contributed by atoms with Gasteiger partial charge in [-0.1, -0.05) is 66.4 Å². The monoisotopic (exact) mass is 185 g/mol. The van der Waals surface area contributed by atoms with Crippen LogP contribution in [-0.2, 0) is 0 Å². The highest BCUT2D eigenvalue weighted by molar-refractivity contribution is 6.74. The van der Waals surface area contributed by atoms with Gasteiger partial charge in [-0.2, -0.15) is 0 Å². The maximum atomic E-state index is 2.38. The van der Waals surface area contributed by atoms with E-state index in [9.17, 15) is 0 Å². The highest BCUT2D eigenvalue weighted by Crippen LogP contribution is 2.18. The van der Waals surface area contributed by atoms with Crippen molar-refractivity contribution in [1.29, 1.82) is 0 Å². The van der Waals surface area contributed by atoms with Crippen molar-refractivity contribution in [2.75, 3.05) is 0 Å². The maximum absolute atomic E-state index is 2.38. The molecule has 0 spiro atoms. The predicted octanol–water partition coefficient (Wildman–Crippen LogP) is 2.51. The van der Waals surface area contributed by atoms with Crippen molar-refractivity contribution in [2.45, 2.75) is 12.1 Å². The van der Waals surface area contributed by atoms with Gasteiger partial charge in [0.05, 0.1) is 8.80 Å². The molecule has 1 radical (unpaired) electrons. The van der Waals surface area contributed by atoms with E-state index in [1.165, 1.54) is 5.19 Å². The van der Waals surface area contributed by atoms with Gasteiger partial charge in [0.2, 0.25) is 0 Å². The molecule has 0 unspecified atom stereocenters. The van der Waals surface area contributed by atoms with Gasteiger partial charge in [0, 0.05) is 0 Å².